The van der Waals surface area contributed by atoms with Crippen LogP contribution in [0.5, 0.6) is 0 Å². The monoisotopic (exact) mass is 213 g/mol. The van der Waals surface area contributed by atoms with Gasteiger partial charge in [0.15, 0.2) is 5.78 Å². The largest absolute Gasteiger partial charge is 0.385 e. The molecule has 1 unspecified atom stereocenters. The average Bonchev–Trinajstić information content (AvgIpc) is 2.66. The second kappa shape index (κ2) is 5.90. The maximum atomic E-state index is 11.5. The predicted molar refractivity (Wildman–Crippen MR) is 57.5 cm³/mol. The molecule has 0 aliphatic heterocycles. The lowest BCUT2D eigenvalue weighted by molar-refractivity contribution is -0.120. The fourth-order valence-corrected chi connectivity index (χ4v) is 1.84. The molecule has 0 spiro atoms. The molecule has 0 radical (unpaired) electrons. The molecule has 4 heteroatoms. The number of carbonyl (C=O) groups is 1. The Morgan fingerprint density at radius 1 is 1.71 bits per heavy atom. The van der Waals surface area contributed by atoms with Crippen molar-refractivity contribution in [2.75, 3.05) is 13.7 Å². The second-order valence-electron chi connectivity index (χ2n) is 3.11. The molecule has 0 amide bonds. The van der Waals surface area contributed by atoms with Gasteiger partial charge >= 0.3 is 0 Å². The molecule has 0 saturated heterocycles. The zero-order valence-corrected chi connectivity index (χ0v) is 9.05. The van der Waals surface area contributed by atoms with Crippen LogP contribution in [0.2, 0.25) is 0 Å². The van der Waals surface area contributed by atoms with Crippen molar-refractivity contribution in [2.24, 2.45) is 5.73 Å². The van der Waals surface area contributed by atoms with E-state index < -0.39 is 6.04 Å². The molecule has 1 atom stereocenters. The van der Waals surface area contributed by atoms with Crippen molar-refractivity contribution in [2.45, 2.75) is 18.9 Å². The van der Waals surface area contributed by atoms with Crippen LogP contribution in [-0.4, -0.2) is 25.5 Å². The minimum Gasteiger partial charge on any atom is -0.385 e. The molecule has 0 fully saturated rings. The first-order valence-corrected chi connectivity index (χ1v) is 5.41. The van der Waals surface area contributed by atoms with Gasteiger partial charge in [-0.05, 0) is 17.9 Å². The Bertz CT molecular complexity index is 272. The first-order valence-electron chi connectivity index (χ1n) is 4.53. The molecule has 0 aliphatic rings. The number of Topliss-reactive ketones (excluding diaryl/α,β-unsaturated/α-hetero) is 1. The number of hydrogen-bond acceptors (Lipinski definition) is 4. The van der Waals surface area contributed by atoms with E-state index in [1.807, 2.05) is 17.5 Å². The highest BCUT2D eigenvalue weighted by molar-refractivity contribution is 7.10. The van der Waals surface area contributed by atoms with E-state index in [1.54, 1.807) is 18.4 Å². The van der Waals surface area contributed by atoms with E-state index in [0.717, 1.165) is 4.88 Å². The normalized spacial score (nSPS) is 12.7. The van der Waals surface area contributed by atoms with Crippen molar-refractivity contribution >= 4 is 17.1 Å². The summed E-state index contributed by atoms with van der Waals surface area (Å²) in [5.74, 6) is 0.0875. The number of rotatable bonds is 6. The Morgan fingerprint density at radius 2 is 2.50 bits per heavy atom. The molecule has 0 aliphatic carbocycles. The molecule has 1 aromatic rings. The van der Waals surface area contributed by atoms with Crippen LogP contribution in [-0.2, 0) is 16.0 Å². The molecular weight excluding hydrogens is 198 g/mol. The number of carbonyl (C=O) groups excluding carboxylic acids is 1. The van der Waals surface area contributed by atoms with Crippen LogP contribution in [0.4, 0.5) is 0 Å². The minimum absolute atomic E-state index is 0.0875. The van der Waals surface area contributed by atoms with Gasteiger partial charge in [0.25, 0.3) is 0 Å². The lowest BCUT2D eigenvalue weighted by Crippen LogP contribution is -2.32. The van der Waals surface area contributed by atoms with E-state index >= 15 is 0 Å². The minimum atomic E-state index is -0.392. The highest BCUT2D eigenvalue weighted by Gasteiger charge is 2.13. The van der Waals surface area contributed by atoms with E-state index in [0.29, 0.717) is 19.4 Å². The summed E-state index contributed by atoms with van der Waals surface area (Å²) < 4.78 is 4.87. The third-order valence-corrected chi connectivity index (χ3v) is 2.85. The van der Waals surface area contributed by atoms with E-state index in [4.69, 9.17) is 10.5 Å². The van der Waals surface area contributed by atoms with Gasteiger partial charge in [0.2, 0.25) is 0 Å². The van der Waals surface area contributed by atoms with E-state index in [-0.39, 0.29) is 5.78 Å². The predicted octanol–water partition coefficient (Wildman–Crippen LogP) is 1.22. The molecular formula is C10H15NO2S. The number of methoxy groups -OCH3 is 1. The third kappa shape index (κ3) is 3.57. The van der Waals surface area contributed by atoms with Crippen molar-refractivity contribution in [1.29, 1.82) is 0 Å². The van der Waals surface area contributed by atoms with Gasteiger partial charge in [0.1, 0.15) is 0 Å². The Balaban J connectivity index is 2.34. The van der Waals surface area contributed by atoms with Crippen molar-refractivity contribution in [3.63, 3.8) is 0 Å². The first kappa shape index (κ1) is 11.4. The van der Waals surface area contributed by atoms with Crippen LogP contribution in [0, 0.1) is 0 Å². The van der Waals surface area contributed by atoms with E-state index in [2.05, 4.69) is 0 Å². The Kier molecular flexibility index (Phi) is 4.79. The number of hydrogen-bond donors (Lipinski definition) is 1. The Hall–Kier alpha value is -0.710. The van der Waals surface area contributed by atoms with Gasteiger partial charge in [-0.15, -0.1) is 11.3 Å². The topological polar surface area (TPSA) is 52.3 Å². The number of ether oxygens (including phenoxy) is 1. The third-order valence-electron chi connectivity index (χ3n) is 1.98. The van der Waals surface area contributed by atoms with Gasteiger partial charge in [-0.3, -0.25) is 4.79 Å². The summed E-state index contributed by atoms with van der Waals surface area (Å²) in [7, 11) is 1.61. The summed E-state index contributed by atoms with van der Waals surface area (Å²) >= 11 is 1.58. The quantitative estimate of drug-likeness (QED) is 0.773. The molecule has 78 valence electrons. The van der Waals surface area contributed by atoms with Crippen LogP contribution in [0.25, 0.3) is 0 Å². The fraction of sp³-hybridized carbons (Fsp3) is 0.500. The SMILES string of the molecule is COCCC(N)C(=O)Cc1cccs1. The van der Waals surface area contributed by atoms with Crippen molar-refractivity contribution in [3.05, 3.63) is 22.4 Å². The molecule has 0 aromatic carbocycles. The van der Waals surface area contributed by atoms with Gasteiger partial charge in [0, 0.05) is 25.0 Å². The highest BCUT2D eigenvalue weighted by atomic mass is 32.1. The fourth-order valence-electron chi connectivity index (χ4n) is 1.12. The van der Waals surface area contributed by atoms with Gasteiger partial charge in [-0.25, -0.2) is 0 Å². The summed E-state index contributed by atoms with van der Waals surface area (Å²) in [5.41, 5.74) is 5.69. The first-order chi connectivity index (χ1) is 6.74. The van der Waals surface area contributed by atoms with Gasteiger partial charge in [-0.1, -0.05) is 6.07 Å². The molecule has 14 heavy (non-hydrogen) atoms. The van der Waals surface area contributed by atoms with Crippen molar-refractivity contribution < 1.29 is 9.53 Å². The summed E-state index contributed by atoms with van der Waals surface area (Å²) in [4.78, 5) is 12.6. The smallest absolute Gasteiger partial charge is 0.154 e. The van der Waals surface area contributed by atoms with Gasteiger partial charge in [-0.2, -0.15) is 0 Å². The van der Waals surface area contributed by atoms with Crippen LogP contribution in [0.15, 0.2) is 17.5 Å². The molecule has 0 bridgehead atoms. The van der Waals surface area contributed by atoms with Gasteiger partial charge < -0.3 is 10.5 Å². The van der Waals surface area contributed by atoms with E-state index in [9.17, 15) is 4.79 Å². The van der Waals surface area contributed by atoms with Gasteiger partial charge in [0.05, 0.1) is 6.04 Å². The zero-order valence-electron chi connectivity index (χ0n) is 8.23. The van der Waals surface area contributed by atoms with E-state index in [1.165, 1.54) is 0 Å². The lowest BCUT2D eigenvalue weighted by Gasteiger charge is -2.08. The molecule has 1 aromatic heterocycles. The molecule has 1 rings (SSSR count). The zero-order chi connectivity index (χ0) is 10.4. The molecule has 3 nitrogen and oxygen atoms in total. The number of ketones is 1. The van der Waals surface area contributed by atoms with Crippen LogP contribution in [0.1, 0.15) is 11.3 Å². The highest BCUT2D eigenvalue weighted by Crippen LogP contribution is 2.10. The molecule has 2 N–H and O–H groups in total. The average molecular weight is 213 g/mol. The summed E-state index contributed by atoms with van der Waals surface area (Å²) in [6.45, 7) is 0.539. The number of nitrogens with two attached hydrogens (primary N) is 1. The summed E-state index contributed by atoms with van der Waals surface area (Å²) in [6, 6.07) is 3.50. The summed E-state index contributed by atoms with van der Waals surface area (Å²) in [5, 5.41) is 1.96. The van der Waals surface area contributed by atoms with Crippen molar-refractivity contribution in [3.8, 4) is 0 Å². The van der Waals surface area contributed by atoms with Crippen LogP contribution >= 0.6 is 11.3 Å². The standard InChI is InChI=1S/C10H15NO2S/c1-13-5-4-9(11)10(12)7-8-3-2-6-14-8/h2-3,6,9H,4-5,7,11H2,1H3. The Morgan fingerprint density at radius 3 is 3.07 bits per heavy atom. The number of thiophene rings is 1. The maximum Gasteiger partial charge on any atom is 0.154 e. The Labute approximate surface area is 87.9 Å². The molecule has 1 heterocycles. The lowest BCUT2D eigenvalue weighted by atomic mass is 10.1. The second-order valence-corrected chi connectivity index (χ2v) is 4.14. The van der Waals surface area contributed by atoms with Crippen LogP contribution in [0.3, 0.4) is 0 Å². The summed E-state index contributed by atoms with van der Waals surface area (Å²) in [6.07, 6.45) is 1.04. The molecule has 0 saturated carbocycles. The van der Waals surface area contributed by atoms with Crippen molar-refractivity contribution in [1.82, 2.24) is 0 Å². The van der Waals surface area contributed by atoms with Crippen LogP contribution < -0.4 is 5.73 Å². The maximum absolute atomic E-state index is 11.5.